The third kappa shape index (κ3) is 1.46. The monoisotopic (exact) mass is 206 g/mol. The Labute approximate surface area is 86.7 Å². The van der Waals surface area contributed by atoms with Crippen LogP contribution >= 0.6 is 0 Å². The zero-order valence-corrected chi connectivity index (χ0v) is 8.09. The van der Waals surface area contributed by atoms with Gasteiger partial charge in [0.2, 0.25) is 0 Å². The van der Waals surface area contributed by atoms with Gasteiger partial charge < -0.3 is 10.6 Å². The Kier molecular flexibility index (Phi) is 1.71. The van der Waals surface area contributed by atoms with E-state index in [1.807, 2.05) is 0 Å². The van der Waals surface area contributed by atoms with Crippen LogP contribution in [0.3, 0.4) is 0 Å². The summed E-state index contributed by atoms with van der Waals surface area (Å²) < 4.78 is 13.1. The van der Waals surface area contributed by atoms with Gasteiger partial charge in [-0.2, -0.15) is 0 Å². The molecule has 0 radical (unpaired) electrons. The molecule has 1 saturated carbocycles. The van der Waals surface area contributed by atoms with Gasteiger partial charge in [0, 0.05) is 11.3 Å². The number of benzene rings is 1. The molecular weight excluding hydrogens is 195 g/mol. The fraction of sp³-hybridized carbons (Fsp3) is 0.364. The van der Waals surface area contributed by atoms with E-state index in [-0.39, 0.29) is 17.9 Å². The Balaban J connectivity index is 2.06. The number of urea groups is 1. The first kappa shape index (κ1) is 8.71. The lowest BCUT2D eigenvalue weighted by Crippen LogP contribution is -2.38. The van der Waals surface area contributed by atoms with Gasteiger partial charge in [0.1, 0.15) is 5.82 Å². The van der Waals surface area contributed by atoms with E-state index in [4.69, 9.17) is 0 Å². The van der Waals surface area contributed by atoms with Gasteiger partial charge in [0.05, 0.1) is 6.04 Å². The van der Waals surface area contributed by atoms with Crippen LogP contribution in [0, 0.1) is 11.7 Å². The van der Waals surface area contributed by atoms with Crippen LogP contribution in [0.25, 0.3) is 0 Å². The average molecular weight is 206 g/mol. The van der Waals surface area contributed by atoms with Crippen molar-refractivity contribution < 1.29 is 9.18 Å². The van der Waals surface area contributed by atoms with E-state index in [9.17, 15) is 9.18 Å². The minimum Gasteiger partial charge on any atom is -0.331 e. The number of hydrogen-bond donors (Lipinski definition) is 2. The number of carbonyl (C=O) groups is 1. The Hall–Kier alpha value is -1.58. The summed E-state index contributed by atoms with van der Waals surface area (Å²) in [7, 11) is 0. The number of nitrogens with one attached hydrogen (secondary N) is 2. The second-order valence-corrected chi connectivity index (χ2v) is 4.15. The van der Waals surface area contributed by atoms with E-state index in [2.05, 4.69) is 10.6 Å². The van der Waals surface area contributed by atoms with Crippen molar-refractivity contribution in [1.29, 1.82) is 0 Å². The highest BCUT2D eigenvalue weighted by Gasteiger charge is 2.37. The third-order valence-corrected chi connectivity index (χ3v) is 2.98. The van der Waals surface area contributed by atoms with Crippen molar-refractivity contribution in [2.24, 2.45) is 5.92 Å². The highest BCUT2D eigenvalue weighted by atomic mass is 19.1. The van der Waals surface area contributed by atoms with Gasteiger partial charge in [-0.05, 0) is 37.0 Å². The van der Waals surface area contributed by atoms with Crippen molar-refractivity contribution in [1.82, 2.24) is 5.32 Å². The molecule has 1 aromatic rings. The van der Waals surface area contributed by atoms with Crippen LogP contribution in [0.5, 0.6) is 0 Å². The van der Waals surface area contributed by atoms with Crippen LogP contribution in [0.1, 0.15) is 24.4 Å². The van der Waals surface area contributed by atoms with E-state index in [0.29, 0.717) is 5.92 Å². The predicted octanol–water partition coefficient (Wildman–Crippen LogP) is 2.41. The number of rotatable bonds is 1. The van der Waals surface area contributed by atoms with E-state index >= 15 is 0 Å². The fourth-order valence-electron chi connectivity index (χ4n) is 2.08. The summed E-state index contributed by atoms with van der Waals surface area (Å²) in [5.41, 5.74) is 1.61. The Morgan fingerprint density at radius 2 is 2.13 bits per heavy atom. The van der Waals surface area contributed by atoms with E-state index in [0.717, 1.165) is 24.1 Å². The first-order valence-corrected chi connectivity index (χ1v) is 5.11. The summed E-state index contributed by atoms with van der Waals surface area (Å²) in [6.07, 6.45) is 2.22. The molecule has 1 aliphatic heterocycles. The maximum atomic E-state index is 13.1. The molecule has 1 atom stereocenters. The van der Waals surface area contributed by atoms with Crippen LogP contribution in [0.2, 0.25) is 0 Å². The van der Waals surface area contributed by atoms with Crippen LogP contribution in [-0.2, 0) is 0 Å². The number of amides is 2. The molecule has 1 unspecified atom stereocenters. The number of halogens is 1. The van der Waals surface area contributed by atoms with Crippen LogP contribution in [0.4, 0.5) is 14.9 Å². The van der Waals surface area contributed by atoms with Crippen molar-refractivity contribution in [3.8, 4) is 0 Å². The Bertz CT molecular complexity index is 429. The Morgan fingerprint density at radius 1 is 1.33 bits per heavy atom. The highest BCUT2D eigenvalue weighted by molar-refractivity contribution is 5.93. The van der Waals surface area contributed by atoms with Crippen LogP contribution < -0.4 is 10.6 Å². The van der Waals surface area contributed by atoms with Crippen molar-refractivity contribution in [2.75, 3.05) is 5.32 Å². The zero-order valence-electron chi connectivity index (χ0n) is 8.09. The fourth-order valence-corrected chi connectivity index (χ4v) is 2.08. The van der Waals surface area contributed by atoms with E-state index in [1.54, 1.807) is 6.07 Å². The molecule has 0 aromatic heterocycles. The normalized spacial score (nSPS) is 24.1. The second-order valence-electron chi connectivity index (χ2n) is 4.15. The molecule has 0 saturated heterocycles. The second kappa shape index (κ2) is 2.95. The largest absolute Gasteiger partial charge is 0.331 e. The summed E-state index contributed by atoms with van der Waals surface area (Å²) in [6.45, 7) is 0. The first-order valence-electron chi connectivity index (χ1n) is 5.11. The minimum absolute atomic E-state index is 0.00977. The summed E-state index contributed by atoms with van der Waals surface area (Å²) in [5, 5.41) is 5.53. The Morgan fingerprint density at radius 3 is 2.87 bits per heavy atom. The third-order valence-electron chi connectivity index (χ3n) is 2.98. The quantitative estimate of drug-likeness (QED) is 0.727. The zero-order chi connectivity index (χ0) is 10.4. The smallest absolute Gasteiger partial charge is 0.319 e. The summed E-state index contributed by atoms with van der Waals surface area (Å²) >= 11 is 0. The minimum atomic E-state index is -0.252. The molecule has 0 bridgehead atoms. The lowest BCUT2D eigenvalue weighted by molar-refractivity contribution is 0.245. The molecule has 1 heterocycles. The number of anilines is 1. The van der Waals surface area contributed by atoms with Crippen molar-refractivity contribution in [3.63, 3.8) is 0 Å². The summed E-state index contributed by atoms with van der Waals surface area (Å²) in [5.74, 6) is 0.231. The van der Waals surface area contributed by atoms with Gasteiger partial charge in [-0.1, -0.05) is 0 Å². The lowest BCUT2D eigenvalue weighted by Gasteiger charge is -2.27. The molecule has 0 spiro atoms. The van der Waals surface area contributed by atoms with Crippen molar-refractivity contribution in [2.45, 2.75) is 18.9 Å². The van der Waals surface area contributed by atoms with Gasteiger partial charge in [0.15, 0.2) is 0 Å². The number of hydrogen-bond acceptors (Lipinski definition) is 1. The molecule has 2 N–H and O–H groups in total. The highest BCUT2D eigenvalue weighted by Crippen LogP contribution is 2.44. The SMILES string of the molecule is O=C1Nc2ccc(F)cc2C(C2CC2)N1. The standard InChI is InChI=1S/C11H11FN2O/c12-7-3-4-9-8(5-7)10(6-1-2-6)14-11(15)13-9/h3-6,10H,1-2H2,(H2,13,14,15). The molecule has 15 heavy (non-hydrogen) atoms. The van der Waals surface area contributed by atoms with Crippen LogP contribution in [0.15, 0.2) is 18.2 Å². The topological polar surface area (TPSA) is 41.1 Å². The lowest BCUT2D eigenvalue weighted by atomic mass is 9.98. The van der Waals surface area contributed by atoms with Crippen LogP contribution in [-0.4, -0.2) is 6.03 Å². The molecule has 1 fully saturated rings. The first-order chi connectivity index (χ1) is 7.24. The van der Waals surface area contributed by atoms with Gasteiger partial charge in [-0.15, -0.1) is 0 Å². The van der Waals surface area contributed by atoms with Crippen molar-refractivity contribution >= 4 is 11.7 Å². The average Bonchev–Trinajstić information content (AvgIpc) is 3.01. The maximum absolute atomic E-state index is 13.1. The molecule has 1 aromatic carbocycles. The van der Waals surface area contributed by atoms with Gasteiger partial charge in [0.25, 0.3) is 0 Å². The molecule has 2 amide bonds. The molecule has 78 valence electrons. The molecular formula is C11H11FN2O. The van der Waals surface area contributed by atoms with Gasteiger partial charge in [-0.25, -0.2) is 9.18 Å². The maximum Gasteiger partial charge on any atom is 0.319 e. The number of fused-ring (bicyclic) bond motifs is 1. The van der Waals surface area contributed by atoms with Gasteiger partial charge in [-0.3, -0.25) is 0 Å². The molecule has 2 aliphatic rings. The van der Waals surface area contributed by atoms with E-state index in [1.165, 1.54) is 12.1 Å². The summed E-state index contributed by atoms with van der Waals surface area (Å²) in [4.78, 5) is 11.3. The number of carbonyl (C=O) groups excluding carboxylic acids is 1. The molecule has 4 heteroatoms. The summed E-state index contributed by atoms with van der Waals surface area (Å²) in [6, 6.07) is 4.30. The molecule has 1 aliphatic carbocycles. The molecule has 3 rings (SSSR count). The van der Waals surface area contributed by atoms with Gasteiger partial charge >= 0.3 is 6.03 Å². The van der Waals surface area contributed by atoms with Crippen molar-refractivity contribution in [3.05, 3.63) is 29.6 Å². The van der Waals surface area contributed by atoms with E-state index < -0.39 is 0 Å². The molecule has 3 nitrogen and oxygen atoms in total. The predicted molar refractivity (Wildman–Crippen MR) is 54.0 cm³/mol.